The van der Waals surface area contributed by atoms with E-state index in [4.69, 9.17) is 4.42 Å². The van der Waals surface area contributed by atoms with Crippen LogP contribution in [0.1, 0.15) is 34.7 Å². The van der Waals surface area contributed by atoms with Crippen LogP contribution >= 0.6 is 0 Å². The molecule has 1 amide bonds. The molecule has 4 nitrogen and oxygen atoms in total. The summed E-state index contributed by atoms with van der Waals surface area (Å²) in [6.45, 7) is 3.92. The first-order chi connectivity index (χ1) is 11.6. The Morgan fingerprint density at radius 2 is 2.00 bits per heavy atom. The van der Waals surface area contributed by atoms with Crippen molar-refractivity contribution >= 4 is 17.0 Å². The van der Waals surface area contributed by atoms with Crippen molar-refractivity contribution in [2.45, 2.75) is 26.3 Å². The number of hydrogen-bond donors (Lipinski definition) is 0. The maximum absolute atomic E-state index is 13.5. The summed E-state index contributed by atoms with van der Waals surface area (Å²) in [5, 5.41) is 0. The van der Waals surface area contributed by atoms with E-state index in [0.29, 0.717) is 17.8 Å². The van der Waals surface area contributed by atoms with E-state index in [1.807, 2.05) is 34.6 Å². The molecular formula is C19H19FN2O2. The Morgan fingerprint density at radius 1 is 1.21 bits per heavy atom. The van der Waals surface area contributed by atoms with Gasteiger partial charge in [-0.25, -0.2) is 4.39 Å². The molecule has 0 unspecified atom stereocenters. The van der Waals surface area contributed by atoms with Gasteiger partial charge in [0.1, 0.15) is 17.3 Å². The topological polar surface area (TPSA) is 38.4 Å². The van der Waals surface area contributed by atoms with E-state index in [9.17, 15) is 9.18 Å². The van der Waals surface area contributed by atoms with Crippen molar-refractivity contribution in [3.05, 3.63) is 59.2 Å². The molecule has 0 saturated carbocycles. The van der Waals surface area contributed by atoms with Gasteiger partial charge in [0.15, 0.2) is 5.58 Å². The molecule has 0 atom stereocenters. The Labute approximate surface area is 139 Å². The lowest BCUT2D eigenvalue weighted by molar-refractivity contribution is 0.0783. The third-order valence-electron chi connectivity index (χ3n) is 4.55. The van der Waals surface area contributed by atoms with Crippen LogP contribution in [0.3, 0.4) is 0 Å². The van der Waals surface area contributed by atoms with E-state index in [1.165, 1.54) is 12.1 Å². The molecule has 0 bridgehead atoms. The van der Waals surface area contributed by atoms with Gasteiger partial charge in [0, 0.05) is 31.8 Å². The van der Waals surface area contributed by atoms with Gasteiger partial charge in [0.05, 0.1) is 5.52 Å². The predicted octanol–water partition coefficient (Wildman–Crippen LogP) is 3.97. The van der Waals surface area contributed by atoms with Crippen LogP contribution in [0.2, 0.25) is 0 Å². The van der Waals surface area contributed by atoms with Crippen LogP contribution in [0.4, 0.5) is 4.39 Å². The summed E-state index contributed by atoms with van der Waals surface area (Å²) in [6, 6.07) is 10.2. The molecule has 1 aliphatic rings. The lowest BCUT2D eigenvalue weighted by Gasteiger charge is -2.17. The Kier molecular flexibility index (Phi) is 3.63. The van der Waals surface area contributed by atoms with Crippen LogP contribution in [0.25, 0.3) is 11.1 Å². The van der Waals surface area contributed by atoms with Gasteiger partial charge in [-0.15, -0.1) is 0 Å². The average molecular weight is 326 g/mol. The second-order valence-electron chi connectivity index (χ2n) is 6.35. The van der Waals surface area contributed by atoms with Crippen LogP contribution < -0.4 is 0 Å². The molecule has 3 aromatic rings. The smallest absolute Gasteiger partial charge is 0.270 e. The van der Waals surface area contributed by atoms with Gasteiger partial charge < -0.3 is 13.9 Å². The van der Waals surface area contributed by atoms with E-state index in [1.54, 1.807) is 6.07 Å². The lowest BCUT2D eigenvalue weighted by Crippen LogP contribution is -2.29. The van der Waals surface area contributed by atoms with Gasteiger partial charge in [0.25, 0.3) is 5.91 Å². The molecule has 4 rings (SSSR count). The molecule has 1 aromatic carbocycles. The first-order valence-electron chi connectivity index (χ1n) is 8.25. The Hall–Kier alpha value is -2.56. The minimum atomic E-state index is -0.272. The number of rotatable bonds is 3. The Balaban J connectivity index is 1.78. The molecule has 3 heterocycles. The second kappa shape index (κ2) is 5.82. The maximum Gasteiger partial charge on any atom is 0.270 e. The number of likely N-dealkylation sites (tertiary alicyclic amines) is 1. The van der Waals surface area contributed by atoms with Crippen molar-refractivity contribution in [2.24, 2.45) is 0 Å². The number of aryl methyl sites for hydroxylation is 1. The van der Waals surface area contributed by atoms with Gasteiger partial charge in [0.2, 0.25) is 0 Å². The number of halogens is 1. The second-order valence-corrected chi connectivity index (χ2v) is 6.35. The molecule has 0 N–H and O–H groups in total. The minimum Gasteiger partial charge on any atom is -0.460 e. The zero-order chi connectivity index (χ0) is 16.7. The van der Waals surface area contributed by atoms with Crippen LogP contribution in [-0.2, 0) is 6.54 Å². The fraction of sp³-hybridized carbons (Fsp3) is 0.316. The van der Waals surface area contributed by atoms with Crippen LogP contribution in [0, 0.1) is 12.7 Å². The summed E-state index contributed by atoms with van der Waals surface area (Å²) in [7, 11) is 0. The van der Waals surface area contributed by atoms with Crippen LogP contribution in [0.15, 0.2) is 40.8 Å². The van der Waals surface area contributed by atoms with Crippen molar-refractivity contribution in [1.29, 1.82) is 0 Å². The molecule has 5 heteroatoms. The monoisotopic (exact) mass is 326 g/mol. The number of fused-ring (bicyclic) bond motifs is 1. The summed E-state index contributed by atoms with van der Waals surface area (Å²) in [4.78, 5) is 14.7. The van der Waals surface area contributed by atoms with Crippen LogP contribution in [0.5, 0.6) is 0 Å². The van der Waals surface area contributed by atoms with E-state index >= 15 is 0 Å². The molecule has 0 radical (unpaired) electrons. The zero-order valence-electron chi connectivity index (χ0n) is 13.6. The molecule has 2 aromatic heterocycles. The van der Waals surface area contributed by atoms with Gasteiger partial charge in [-0.2, -0.15) is 0 Å². The fourth-order valence-electron chi connectivity index (χ4n) is 3.41. The highest BCUT2D eigenvalue weighted by Gasteiger charge is 2.25. The molecule has 1 saturated heterocycles. The Morgan fingerprint density at radius 3 is 2.75 bits per heavy atom. The SMILES string of the molecule is Cc1cc2c(cc(C(=O)N3CCCC3)n2Cc2cccc(F)c2)o1. The first kappa shape index (κ1) is 15.0. The summed E-state index contributed by atoms with van der Waals surface area (Å²) < 4.78 is 21.1. The Bertz CT molecular complexity index is 903. The highest BCUT2D eigenvalue weighted by atomic mass is 19.1. The molecule has 24 heavy (non-hydrogen) atoms. The maximum atomic E-state index is 13.5. The first-order valence-corrected chi connectivity index (χ1v) is 8.25. The largest absolute Gasteiger partial charge is 0.460 e. The number of nitrogens with zero attached hydrogens (tertiary/aromatic N) is 2. The van der Waals surface area contributed by atoms with Gasteiger partial charge in [-0.05, 0) is 37.5 Å². The normalized spacial score (nSPS) is 14.7. The van der Waals surface area contributed by atoms with Crippen molar-refractivity contribution in [3.8, 4) is 0 Å². The number of aromatic nitrogens is 1. The third-order valence-corrected chi connectivity index (χ3v) is 4.55. The number of amides is 1. The number of hydrogen-bond acceptors (Lipinski definition) is 2. The summed E-state index contributed by atoms with van der Waals surface area (Å²) >= 11 is 0. The van der Waals surface area contributed by atoms with Gasteiger partial charge in [-0.1, -0.05) is 12.1 Å². The fourth-order valence-corrected chi connectivity index (χ4v) is 3.41. The van der Waals surface area contributed by atoms with Crippen molar-refractivity contribution in [3.63, 3.8) is 0 Å². The van der Waals surface area contributed by atoms with E-state index in [0.717, 1.165) is 42.8 Å². The van der Waals surface area contributed by atoms with Crippen LogP contribution in [-0.4, -0.2) is 28.5 Å². The lowest BCUT2D eigenvalue weighted by atomic mass is 10.2. The summed E-state index contributed by atoms with van der Waals surface area (Å²) in [5.41, 5.74) is 3.00. The highest BCUT2D eigenvalue weighted by Crippen LogP contribution is 2.26. The number of carbonyl (C=O) groups is 1. The highest BCUT2D eigenvalue weighted by molar-refractivity contribution is 5.97. The average Bonchev–Trinajstić information content (AvgIpc) is 3.25. The van der Waals surface area contributed by atoms with Gasteiger partial charge in [-0.3, -0.25) is 4.79 Å². The quantitative estimate of drug-likeness (QED) is 0.730. The molecule has 1 fully saturated rings. The van der Waals surface area contributed by atoms with E-state index in [-0.39, 0.29) is 11.7 Å². The predicted molar refractivity (Wildman–Crippen MR) is 89.6 cm³/mol. The molecule has 0 spiro atoms. The molecule has 1 aliphatic heterocycles. The standard InChI is InChI=1S/C19H19FN2O2/c1-13-9-16-18(24-13)11-17(19(23)21-7-2-3-8-21)22(16)12-14-5-4-6-15(20)10-14/h4-6,9-11H,2-3,7-8,12H2,1H3. The van der Waals surface area contributed by atoms with Gasteiger partial charge >= 0.3 is 0 Å². The number of furan rings is 1. The molecule has 124 valence electrons. The summed E-state index contributed by atoms with van der Waals surface area (Å²) in [5.74, 6) is 0.549. The van der Waals surface area contributed by atoms with E-state index in [2.05, 4.69) is 0 Å². The zero-order valence-corrected chi connectivity index (χ0v) is 13.6. The summed E-state index contributed by atoms with van der Waals surface area (Å²) in [6.07, 6.45) is 2.09. The van der Waals surface area contributed by atoms with E-state index < -0.39 is 0 Å². The van der Waals surface area contributed by atoms with Crippen molar-refractivity contribution < 1.29 is 13.6 Å². The minimum absolute atomic E-state index is 0.0213. The van der Waals surface area contributed by atoms with Crippen molar-refractivity contribution in [2.75, 3.05) is 13.1 Å². The molecule has 0 aliphatic carbocycles. The third kappa shape index (κ3) is 2.60. The number of carbonyl (C=O) groups excluding carboxylic acids is 1. The number of benzene rings is 1. The van der Waals surface area contributed by atoms with Crippen molar-refractivity contribution in [1.82, 2.24) is 9.47 Å². The molecular weight excluding hydrogens is 307 g/mol.